The summed E-state index contributed by atoms with van der Waals surface area (Å²) in [5.41, 5.74) is -0.909. The van der Waals surface area contributed by atoms with Crippen LogP contribution in [0.5, 0.6) is 0 Å². The van der Waals surface area contributed by atoms with Crippen LogP contribution in [-0.2, 0) is 9.53 Å². The third kappa shape index (κ3) is 5.33. The normalized spacial score (nSPS) is 16.6. The molecule has 18 heavy (non-hydrogen) atoms. The molecule has 108 valence electrons. The molecular weight excluding hydrogens is 232 g/mol. The minimum Gasteiger partial charge on any atom is -0.480 e. The summed E-state index contributed by atoms with van der Waals surface area (Å²) in [6, 6.07) is 0.210. The van der Waals surface area contributed by atoms with Gasteiger partial charge in [-0.05, 0) is 33.4 Å². The van der Waals surface area contributed by atoms with Crippen LogP contribution in [0.4, 0.5) is 0 Å². The number of nitrogens with zero attached hydrogens (tertiary/aromatic N) is 1. The van der Waals surface area contributed by atoms with Crippen LogP contribution < -0.4 is 5.32 Å². The van der Waals surface area contributed by atoms with Gasteiger partial charge in [-0.2, -0.15) is 0 Å². The first-order chi connectivity index (χ1) is 8.41. The van der Waals surface area contributed by atoms with E-state index in [0.29, 0.717) is 19.7 Å². The fraction of sp³-hybridized carbons (Fsp3) is 0.923. The van der Waals surface area contributed by atoms with Gasteiger partial charge in [0.05, 0.1) is 6.61 Å². The number of carboxylic acids is 1. The van der Waals surface area contributed by atoms with Crippen molar-refractivity contribution in [1.82, 2.24) is 10.2 Å². The summed E-state index contributed by atoms with van der Waals surface area (Å²) in [5.74, 6) is -0.806. The number of rotatable bonds is 10. The second-order valence-corrected chi connectivity index (χ2v) is 4.93. The molecule has 5 heteroatoms. The predicted octanol–water partition coefficient (Wildman–Crippen LogP) is 1.19. The van der Waals surface area contributed by atoms with E-state index in [1.807, 2.05) is 13.8 Å². The van der Waals surface area contributed by atoms with E-state index in [9.17, 15) is 9.90 Å². The monoisotopic (exact) mass is 260 g/mol. The number of hydrogen-bond acceptors (Lipinski definition) is 4. The van der Waals surface area contributed by atoms with Gasteiger partial charge >= 0.3 is 5.97 Å². The molecule has 0 fully saturated rings. The summed E-state index contributed by atoms with van der Waals surface area (Å²) in [7, 11) is 1.66. The first-order valence-electron chi connectivity index (χ1n) is 6.62. The molecule has 0 saturated carbocycles. The number of aliphatic carboxylic acids is 1. The molecule has 0 amide bonds. The number of nitrogens with one attached hydrogen (secondary N) is 1. The van der Waals surface area contributed by atoms with Gasteiger partial charge in [-0.15, -0.1) is 0 Å². The minimum absolute atomic E-state index is 0.210. The third-order valence-electron chi connectivity index (χ3n) is 3.19. The van der Waals surface area contributed by atoms with Crippen molar-refractivity contribution in [3.05, 3.63) is 0 Å². The van der Waals surface area contributed by atoms with Gasteiger partial charge in [0.15, 0.2) is 0 Å². The Labute approximate surface area is 110 Å². The topological polar surface area (TPSA) is 61.8 Å². The van der Waals surface area contributed by atoms with Crippen molar-refractivity contribution in [2.24, 2.45) is 0 Å². The molecule has 0 aliphatic heterocycles. The molecule has 2 atom stereocenters. The number of carbonyl (C=O) groups is 1. The summed E-state index contributed by atoms with van der Waals surface area (Å²) in [5, 5.41) is 12.5. The highest BCUT2D eigenvalue weighted by atomic mass is 16.5. The van der Waals surface area contributed by atoms with Gasteiger partial charge in [0.25, 0.3) is 0 Å². The molecule has 0 saturated heterocycles. The lowest BCUT2D eigenvalue weighted by Crippen LogP contribution is -2.58. The van der Waals surface area contributed by atoms with Crippen molar-refractivity contribution in [1.29, 1.82) is 0 Å². The summed E-state index contributed by atoms with van der Waals surface area (Å²) >= 11 is 0. The van der Waals surface area contributed by atoms with Crippen LogP contribution in [0.2, 0.25) is 0 Å². The molecule has 0 bridgehead atoms. The van der Waals surface area contributed by atoms with E-state index in [2.05, 4.69) is 17.1 Å². The van der Waals surface area contributed by atoms with Crippen molar-refractivity contribution in [3.8, 4) is 0 Å². The zero-order valence-corrected chi connectivity index (χ0v) is 12.3. The van der Waals surface area contributed by atoms with E-state index in [4.69, 9.17) is 4.74 Å². The molecule has 0 aliphatic rings. The van der Waals surface area contributed by atoms with Gasteiger partial charge in [-0.1, -0.05) is 13.8 Å². The fourth-order valence-electron chi connectivity index (χ4n) is 1.93. The average molecular weight is 260 g/mol. The smallest absolute Gasteiger partial charge is 0.324 e. The Kier molecular flexibility index (Phi) is 8.15. The Hall–Kier alpha value is -0.650. The van der Waals surface area contributed by atoms with Crippen LogP contribution in [0.3, 0.4) is 0 Å². The molecule has 0 rings (SSSR count). The molecule has 0 aliphatic carbocycles. The molecule has 0 spiro atoms. The van der Waals surface area contributed by atoms with Crippen LogP contribution in [0.25, 0.3) is 0 Å². The highest BCUT2D eigenvalue weighted by Gasteiger charge is 2.35. The summed E-state index contributed by atoms with van der Waals surface area (Å²) in [4.78, 5) is 13.6. The molecule has 0 aromatic rings. The summed E-state index contributed by atoms with van der Waals surface area (Å²) < 4.78 is 5.13. The maximum Gasteiger partial charge on any atom is 0.324 e. The van der Waals surface area contributed by atoms with E-state index in [1.165, 1.54) is 0 Å². The average Bonchev–Trinajstić information content (AvgIpc) is 2.33. The molecule has 2 N–H and O–H groups in total. The predicted molar refractivity (Wildman–Crippen MR) is 72.9 cm³/mol. The highest BCUT2D eigenvalue weighted by Crippen LogP contribution is 2.11. The molecular formula is C13H28N2O3. The fourth-order valence-corrected chi connectivity index (χ4v) is 1.93. The van der Waals surface area contributed by atoms with E-state index in [1.54, 1.807) is 14.0 Å². The molecule has 0 radical (unpaired) electrons. The maximum atomic E-state index is 11.4. The third-order valence-corrected chi connectivity index (χ3v) is 3.19. The Balaban J connectivity index is 4.66. The SMILES string of the molecule is CCCNC(C)(CN(CC)C(C)COC)C(=O)O. The lowest BCUT2D eigenvalue weighted by atomic mass is 10.0. The second kappa shape index (κ2) is 8.45. The van der Waals surface area contributed by atoms with Gasteiger partial charge in [-0.3, -0.25) is 9.69 Å². The summed E-state index contributed by atoms with van der Waals surface area (Å²) in [6.45, 7) is 10.5. The van der Waals surface area contributed by atoms with Crippen molar-refractivity contribution < 1.29 is 14.6 Å². The number of hydrogen-bond donors (Lipinski definition) is 2. The largest absolute Gasteiger partial charge is 0.480 e. The number of ether oxygens (including phenoxy) is 1. The van der Waals surface area contributed by atoms with Gasteiger partial charge in [0.1, 0.15) is 5.54 Å². The number of likely N-dealkylation sites (N-methyl/N-ethyl adjacent to an activating group) is 1. The first kappa shape index (κ1) is 17.4. The van der Waals surface area contributed by atoms with E-state index < -0.39 is 11.5 Å². The Morgan fingerprint density at radius 3 is 2.50 bits per heavy atom. The lowest BCUT2D eigenvalue weighted by Gasteiger charge is -2.35. The van der Waals surface area contributed by atoms with Gasteiger partial charge in [0.2, 0.25) is 0 Å². The van der Waals surface area contributed by atoms with E-state index in [-0.39, 0.29) is 6.04 Å². The van der Waals surface area contributed by atoms with Crippen molar-refractivity contribution in [2.75, 3.05) is 33.4 Å². The maximum absolute atomic E-state index is 11.4. The Bertz CT molecular complexity index is 248. The molecule has 5 nitrogen and oxygen atoms in total. The van der Waals surface area contributed by atoms with Crippen molar-refractivity contribution >= 4 is 5.97 Å². The van der Waals surface area contributed by atoms with Crippen LogP contribution in [0.1, 0.15) is 34.1 Å². The van der Waals surface area contributed by atoms with E-state index in [0.717, 1.165) is 13.0 Å². The zero-order chi connectivity index (χ0) is 14.2. The Morgan fingerprint density at radius 1 is 1.50 bits per heavy atom. The molecule has 0 heterocycles. The zero-order valence-electron chi connectivity index (χ0n) is 12.3. The highest BCUT2D eigenvalue weighted by molar-refractivity contribution is 5.78. The van der Waals surface area contributed by atoms with Crippen LogP contribution >= 0.6 is 0 Å². The number of carboxylic acid groups (broad SMARTS) is 1. The Morgan fingerprint density at radius 2 is 2.11 bits per heavy atom. The molecule has 0 aromatic carbocycles. The summed E-state index contributed by atoms with van der Waals surface area (Å²) in [6.07, 6.45) is 0.919. The van der Waals surface area contributed by atoms with Gasteiger partial charge in [-0.25, -0.2) is 0 Å². The second-order valence-electron chi connectivity index (χ2n) is 4.93. The van der Waals surface area contributed by atoms with Gasteiger partial charge < -0.3 is 15.2 Å². The minimum atomic E-state index is -0.909. The lowest BCUT2D eigenvalue weighted by molar-refractivity contribution is -0.145. The quantitative estimate of drug-likeness (QED) is 0.618. The van der Waals surface area contributed by atoms with Crippen LogP contribution in [-0.4, -0.2) is 60.9 Å². The van der Waals surface area contributed by atoms with Crippen LogP contribution in [0.15, 0.2) is 0 Å². The number of methoxy groups -OCH3 is 1. The molecule has 2 unspecified atom stereocenters. The van der Waals surface area contributed by atoms with Crippen molar-refractivity contribution in [2.45, 2.75) is 45.7 Å². The standard InChI is InChI=1S/C13H28N2O3/c1-6-8-14-13(4,12(16)17)10-15(7-2)11(3)9-18-5/h11,14H,6-10H2,1-5H3,(H,16,17). The molecule has 0 aromatic heterocycles. The van der Waals surface area contributed by atoms with Crippen molar-refractivity contribution in [3.63, 3.8) is 0 Å². The van der Waals surface area contributed by atoms with E-state index >= 15 is 0 Å². The van der Waals surface area contributed by atoms with Gasteiger partial charge in [0, 0.05) is 19.7 Å². The first-order valence-corrected chi connectivity index (χ1v) is 6.62. The van der Waals surface area contributed by atoms with Crippen LogP contribution in [0, 0.1) is 0 Å².